The lowest BCUT2D eigenvalue weighted by molar-refractivity contribution is 0.157. The molecule has 1 fully saturated rings. The van der Waals surface area contributed by atoms with Crippen LogP contribution in [0.3, 0.4) is 0 Å². The van der Waals surface area contributed by atoms with Crippen LogP contribution >= 0.6 is 0 Å². The maximum absolute atomic E-state index is 5.74. The van der Waals surface area contributed by atoms with Gasteiger partial charge in [-0.1, -0.05) is 26.0 Å². The number of nitrogens with one attached hydrogen (secondary N) is 1. The van der Waals surface area contributed by atoms with Gasteiger partial charge in [0.2, 0.25) is 0 Å². The molecule has 0 aliphatic carbocycles. The van der Waals surface area contributed by atoms with Crippen LogP contribution in [0.1, 0.15) is 32.8 Å². The molecule has 0 bridgehead atoms. The maximum Gasteiger partial charge on any atom is 0.193 e. The summed E-state index contributed by atoms with van der Waals surface area (Å²) in [7, 11) is 1.78. The summed E-state index contributed by atoms with van der Waals surface area (Å²) in [6.45, 7) is 11.8. The molecule has 146 valence electrons. The summed E-state index contributed by atoms with van der Waals surface area (Å²) < 4.78 is 11.0. The third-order valence-electron chi connectivity index (χ3n) is 4.49. The molecule has 1 heterocycles. The predicted molar refractivity (Wildman–Crippen MR) is 108 cm³/mol. The fraction of sp³-hybridized carbons (Fsp3) is 0.667. The van der Waals surface area contributed by atoms with Crippen LogP contribution < -0.4 is 10.1 Å². The summed E-state index contributed by atoms with van der Waals surface area (Å²) in [5, 5.41) is 3.42. The Morgan fingerprint density at radius 1 is 1.31 bits per heavy atom. The van der Waals surface area contributed by atoms with E-state index in [-0.39, 0.29) is 0 Å². The average molecular weight is 362 g/mol. The van der Waals surface area contributed by atoms with Gasteiger partial charge in [-0.3, -0.25) is 4.99 Å². The molecule has 5 heteroatoms. The number of aliphatic imine (C=N–C) groups is 1. The highest BCUT2D eigenvalue weighted by molar-refractivity contribution is 5.80. The summed E-state index contributed by atoms with van der Waals surface area (Å²) in [5.74, 6) is 3.13. The van der Waals surface area contributed by atoms with Gasteiger partial charge in [0.05, 0.1) is 13.2 Å². The molecule has 1 N–H and O–H groups in total. The third kappa shape index (κ3) is 6.87. The van der Waals surface area contributed by atoms with Crippen LogP contribution in [0.5, 0.6) is 5.75 Å². The van der Waals surface area contributed by atoms with Crippen molar-refractivity contribution in [3.63, 3.8) is 0 Å². The largest absolute Gasteiger partial charge is 0.493 e. The molecule has 1 aromatic carbocycles. The van der Waals surface area contributed by atoms with E-state index in [9.17, 15) is 0 Å². The number of methoxy groups -OCH3 is 1. The van der Waals surface area contributed by atoms with Crippen molar-refractivity contribution in [2.45, 2.75) is 33.6 Å². The van der Waals surface area contributed by atoms with Crippen LogP contribution in [0, 0.1) is 11.8 Å². The smallest absolute Gasteiger partial charge is 0.193 e. The summed E-state index contributed by atoms with van der Waals surface area (Å²) >= 11 is 0. The van der Waals surface area contributed by atoms with Gasteiger partial charge in [-0.05, 0) is 43.4 Å². The highest BCUT2D eigenvalue weighted by Crippen LogP contribution is 2.17. The van der Waals surface area contributed by atoms with Gasteiger partial charge in [0.1, 0.15) is 5.75 Å². The van der Waals surface area contributed by atoms with Crippen LogP contribution in [-0.2, 0) is 11.2 Å². The normalized spacial score (nSPS) is 17.8. The fourth-order valence-electron chi connectivity index (χ4n) is 3.13. The zero-order valence-corrected chi connectivity index (χ0v) is 16.8. The minimum Gasteiger partial charge on any atom is -0.493 e. The molecule has 5 nitrogen and oxygen atoms in total. The first kappa shape index (κ1) is 20.6. The van der Waals surface area contributed by atoms with Gasteiger partial charge in [0.15, 0.2) is 5.96 Å². The number of likely N-dealkylation sites (tertiary alicyclic amines) is 1. The monoisotopic (exact) mass is 361 g/mol. The lowest BCUT2D eigenvalue weighted by atomic mass is 10.1. The topological polar surface area (TPSA) is 46.1 Å². The zero-order valence-electron chi connectivity index (χ0n) is 16.8. The van der Waals surface area contributed by atoms with E-state index in [2.05, 4.69) is 55.3 Å². The van der Waals surface area contributed by atoms with E-state index in [0.29, 0.717) is 11.8 Å². The SMILES string of the molecule is CCNC(=NCCc1ccc(OCC(C)C)cc1)N1CCC(COC)C1. The van der Waals surface area contributed by atoms with E-state index >= 15 is 0 Å². The molecule has 1 atom stereocenters. The lowest BCUT2D eigenvalue weighted by Gasteiger charge is -2.21. The van der Waals surface area contributed by atoms with Gasteiger partial charge in [0, 0.05) is 39.2 Å². The van der Waals surface area contributed by atoms with E-state index in [1.807, 2.05) is 0 Å². The van der Waals surface area contributed by atoms with Crippen LogP contribution in [0.15, 0.2) is 29.3 Å². The molecule has 1 aliphatic heterocycles. The Hall–Kier alpha value is -1.75. The summed E-state index contributed by atoms with van der Waals surface area (Å²) in [6, 6.07) is 8.40. The molecule has 26 heavy (non-hydrogen) atoms. The van der Waals surface area contributed by atoms with Crippen LogP contribution in [0.25, 0.3) is 0 Å². The van der Waals surface area contributed by atoms with Gasteiger partial charge < -0.3 is 19.7 Å². The molecule has 0 spiro atoms. The van der Waals surface area contributed by atoms with Crippen LogP contribution in [-0.4, -0.2) is 57.4 Å². The Morgan fingerprint density at radius 3 is 2.73 bits per heavy atom. The number of rotatable bonds is 9. The van der Waals surface area contributed by atoms with E-state index < -0.39 is 0 Å². The van der Waals surface area contributed by atoms with Crippen molar-refractivity contribution in [3.05, 3.63) is 29.8 Å². The second kappa shape index (κ2) is 11.1. The van der Waals surface area contributed by atoms with E-state index in [4.69, 9.17) is 14.5 Å². The van der Waals surface area contributed by atoms with Crippen LogP contribution in [0.4, 0.5) is 0 Å². The molecule has 1 aromatic rings. The first-order chi connectivity index (χ1) is 12.6. The lowest BCUT2D eigenvalue weighted by Crippen LogP contribution is -2.40. The van der Waals surface area contributed by atoms with Crippen molar-refractivity contribution in [2.75, 3.05) is 46.5 Å². The molecule has 1 saturated heterocycles. The van der Waals surface area contributed by atoms with Crippen molar-refractivity contribution in [2.24, 2.45) is 16.8 Å². The standard InChI is InChI=1S/C21H35N3O2/c1-5-22-21(24-13-11-19(14-24)16-25-4)23-12-10-18-6-8-20(9-7-18)26-15-17(2)3/h6-9,17,19H,5,10-16H2,1-4H3,(H,22,23). The molecule has 0 amide bonds. The Morgan fingerprint density at radius 2 is 2.08 bits per heavy atom. The van der Waals surface area contributed by atoms with Crippen molar-refractivity contribution >= 4 is 5.96 Å². The van der Waals surface area contributed by atoms with Crippen molar-refractivity contribution < 1.29 is 9.47 Å². The maximum atomic E-state index is 5.74. The highest BCUT2D eigenvalue weighted by atomic mass is 16.5. The molecular weight excluding hydrogens is 326 g/mol. The summed E-state index contributed by atoms with van der Waals surface area (Å²) in [4.78, 5) is 7.18. The molecule has 2 rings (SSSR count). The molecular formula is C21H35N3O2. The Balaban J connectivity index is 1.84. The van der Waals surface area contributed by atoms with Gasteiger partial charge in [-0.2, -0.15) is 0 Å². The highest BCUT2D eigenvalue weighted by Gasteiger charge is 2.24. The Kier molecular flexibility index (Phi) is 8.75. The number of ether oxygens (including phenoxy) is 2. The second-order valence-corrected chi connectivity index (χ2v) is 7.39. The van der Waals surface area contributed by atoms with Crippen molar-refractivity contribution in [1.82, 2.24) is 10.2 Å². The third-order valence-corrected chi connectivity index (χ3v) is 4.49. The minimum absolute atomic E-state index is 0.544. The number of benzene rings is 1. The number of guanidine groups is 1. The second-order valence-electron chi connectivity index (χ2n) is 7.39. The van der Waals surface area contributed by atoms with Gasteiger partial charge in [-0.25, -0.2) is 0 Å². The van der Waals surface area contributed by atoms with E-state index in [0.717, 1.165) is 57.5 Å². The molecule has 0 aromatic heterocycles. The summed E-state index contributed by atoms with van der Waals surface area (Å²) in [5.41, 5.74) is 1.29. The molecule has 1 aliphatic rings. The minimum atomic E-state index is 0.544. The Bertz CT molecular complexity index is 543. The average Bonchev–Trinajstić information content (AvgIpc) is 3.09. The quantitative estimate of drug-likeness (QED) is 0.542. The Labute approximate surface area is 158 Å². The fourth-order valence-corrected chi connectivity index (χ4v) is 3.13. The van der Waals surface area contributed by atoms with E-state index in [1.54, 1.807) is 7.11 Å². The van der Waals surface area contributed by atoms with Gasteiger partial charge >= 0.3 is 0 Å². The first-order valence-corrected chi connectivity index (χ1v) is 9.86. The number of hydrogen-bond acceptors (Lipinski definition) is 3. The first-order valence-electron chi connectivity index (χ1n) is 9.86. The predicted octanol–water partition coefficient (Wildman–Crippen LogP) is 3.20. The molecule has 0 saturated carbocycles. The zero-order chi connectivity index (χ0) is 18.8. The molecule has 1 unspecified atom stereocenters. The van der Waals surface area contributed by atoms with Crippen molar-refractivity contribution in [1.29, 1.82) is 0 Å². The molecule has 0 radical (unpaired) electrons. The van der Waals surface area contributed by atoms with Gasteiger partial charge in [0.25, 0.3) is 0 Å². The summed E-state index contributed by atoms with van der Waals surface area (Å²) in [6.07, 6.45) is 2.12. The van der Waals surface area contributed by atoms with Crippen molar-refractivity contribution in [3.8, 4) is 5.75 Å². The van der Waals surface area contributed by atoms with E-state index in [1.165, 1.54) is 12.0 Å². The van der Waals surface area contributed by atoms with Crippen LogP contribution in [0.2, 0.25) is 0 Å². The number of nitrogens with zero attached hydrogens (tertiary/aromatic N) is 2. The number of hydrogen-bond donors (Lipinski definition) is 1. The van der Waals surface area contributed by atoms with Gasteiger partial charge in [-0.15, -0.1) is 0 Å².